The molecule has 0 heterocycles. The highest BCUT2D eigenvalue weighted by molar-refractivity contribution is 5.73. The van der Waals surface area contributed by atoms with Crippen LogP contribution in [0, 0.1) is 5.82 Å². The van der Waals surface area contributed by atoms with Gasteiger partial charge in [0.15, 0.2) is 6.29 Å². The van der Waals surface area contributed by atoms with Crippen molar-refractivity contribution >= 4 is 12.1 Å². The van der Waals surface area contributed by atoms with Gasteiger partial charge in [-0.15, -0.1) is 0 Å². The van der Waals surface area contributed by atoms with Gasteiger partial charge in [-0.3, -0.25) is 4.79 Å². The molecule has 0 aliphatic rings. The van der Waals surface area contributed by atoms with Gasteiger partial charge < -0.3 is 14.8 Å². The zero-order valence-electron chi connectivity index (χ0n) is 8.49. The summed E-state index contributed by atoms with van der Waals surface area (Å²) in [6.07, 6.45) is -0.192. The lowest BCUT2D eigenvalue weighted by Crippen LogP contribution is -2.08. The zero-order chi connectivity index (χ0) is 11.3. The second-order valence-electron chi connectivity index (χ2n) is 2.80. The van der Waals surface area contributed by atoms with Crippen molar-refractivity contribution in [2.75, 3.05) is 19.5 Å². The van der Waals surface area contributed by atoms with Crippen LogP contribution < -0.4 is 5.32 Å². The summed E-state index contributed by atoms with van der Waals surface area (Å²) in [5.74, 6) is -0.416. The Balaban J connectivity index is 3.10. The third-order valence-corrected chi connectivity index (χ3v) is 1.91. The molecule has 5 heteroatoms. The summed E-state index contributed by atoms with van der Waals surface area (Å²) < 4.78 is 23.0. The Morgan fingerprint density at radius 3 is 2.60 bits per heavy atom. The van der Waals surface area contributed by atoms with Crippen LogP contribution in [0.5, 0.6) is 0 Å². The van der Waals surface area contributed by atoms with Gasteiger partial charge in [-0.2, -0.15) is 0 Å². The number of amides is 1. The lowest BCUT2D eigenvalue weighted by molar-refractivity contribution is -0.106. The predicted octanol–water partition coefficient (Wildman–Crippen LogP) is 1.69. The largest absolute Gasteiger partial charge is 0.352 e. The first kappa shape index (κ1) is 11.6. The number of nitrogens with one attached hydrogen (secondary N) is 1. The number of ether oxygens (including phenoxy) is 2. The fourth-order valence-electron chi connectivity index (χ4n) is 1.27. The van der Waals surface area contributed by atoms with E-state index in [4.69, 9.17) is 9.47 Å². The summed E-state index contributed by atoms with van der Waals surface area (Å²) >= 11 is 0. The molecule has 1 N–H and O–H groups in total. The van der Waals surface area contributed by atoms with Gasteiger partial charge in [0.2, 0.25) is 6.41 Å². The maximum absolute atomic E-state index is 13.0. The summed E-state index contributed by atoms with van der Waals surface area (Å²) in [7, 11) is 2.87. The van der Waals surface area contributed by atoms with Gasteiger partial charge in [-0.05, 0) is 18.2 Å². The minimum absolute atomic E-state index is 0.416. The molecule has 0 spiro atoms. The second kappa shape index (κ2) is 5.43. The Labute approximate surface area is 87.0 Å². The van der Waals surface area contributed by atoms with Crippen molar-refractivity contribution < 1.29 is 18.7 Å². The van der Waals surface area contributed by atoms with E-state index >= 15 is 0 Å². The number of hydrogen-bond donors (Lipinski definition) is 1. The van der Waals surface area contributed by atoms with E-state index in [9.17, 15) is 9.18 Å². The molecule has 0 aliphatic heterocycles. The highest BCUT2D eigenvalue weighted by Crippen LogP contribution is 2.26. The van der Waals surface area contributed by atoms with Crippen molar-refractivity contribution in [2.24, 2.45) is 0 Å². The Hall–Kier alpha value is -1.46. The van der Waals surface area contributed by atoms with Gasteiger partial charge in [0.1, 0.15) is 5.82 Å². The quantitative estimate of drug-likeness (QED) is 0.598. The molecule has 0 atom stereocenters. The van der Waals surface area contributed by atoms with Crippen LogP contribution in [0.15, 0.2) is 18.2 Å². The number of hydrogen-bond acceptors (Lipinski definition) is 3. The number of carbonyl (C=O) groups is 1. The molecule has 82 valence electrons. The molecule has 0 saturated carbocycles. The molecule has 1 aromatic rings. The maximum Gasteiger partial charge on any atom is 0.211 e. The number of anilines is 1. The van der Waals surface area contributed by atoms with E-state index in [1.165, 1.54) is 32.4 Å². The van der Waals surface area contributed by atoms with Crippen molar-refractivity contribution in [3.63, 3.8) is 0 Å². The first-order valence-corrected chi connectivity index (χ1v) is 4.28. The third kappa shape index (κ3) is 2.74. The minimum Gasteiger partial charge on any atom is -0.352 e. The van der Waals surface area contributed by atoms with Gasteiger partial charge in [0.25, 0.3) is 0 Å². The summed E-state index contributed by atoms with van der Waals surface area (Å²) in [6, 6.07) is 3.95. The maximum atomic E-state index is 13.0. The van der Waals surface area contributed by atoms with E-state index in [1.54, 1.807) is 0 Å². The molecule has 0 saturated heterocycles. The van der Waals surface area contributed by atoms with Crippen molar-refractivity contribution in [2.45, 2.75) is 6.29 Å². The molecule has 0 aliphatic carbocycles. The first-order valence-electron chi connectivity index (χ1n) is 4.28. The van der Waals surface area contributed by atoms with Gasteiger partial charge in [0.05, 0.1) is 0 Å². The molecule has 4 nitrogen and oxygen atoms in total. The zero-order valence-corrected chi connectivity index (χ0v) is 8.49. The number of rotatable bonds is 5. The molecule has 1 rings (SSSR count). The summed E-state index contributed by atoms with van der Waals surface area (Å²) in [6.45, 7) is 0. The Morgan fingerprint density at radius 2 is 2.07 bits per heavy atom. The molecule has 0 bridgehead atoms. The van der Waals surface area contributed by atoms with Crippen LogP contribution >= 0.6 is 0 Å². The molecule has 0 radical (unpaired) electrons. The van der Waals surface area contributed by atoms with Crippen LogP contribution in [0.25, 0.3) is 0 Å². The van der Waals surface area contributed by atoms with Gasteiger partial charge in [-0.1, -0.05) is 0 Å². The molecule has 0 fully saturated rings. The summed E-state index contributed by atoms with van der Waals surface area (Å²) in [4.78, 5) is 10.3. The monoisotopic (exact) mass is 213 g/mol. The van der Waals surface area contributed by atoms with Crippen LogP contribution in [-0.4, -0.2) is 20.6 Å². The van der Waals surface area contributed by atoms with Crippen molar-refractivity contribution in [3.8, 4) is 0 Å². The fourth-order valence-corrected chi connectivity index (χ4v) is 1.27. The van der Waals surface area contributed by atoms with E-state index in [2.05, 4.69) is 5.32 Å². The lowest BCUT2D eigenvalue weighted by atomic mass is 10.1. The van der Waals surface area contributed by atoms with Crippen molar-refractivity contribution in [1.29, 1.82) is 0 Å². The SMILES string of the molecule is COC(OC)c1cc(F)ccc1NC=O. The van der Waals surface area contributed by atoms with Crippen LogP contribution in [0.4, 0.5) is 10.1 Å². The van der Waals surface area contributed by atoms with Crippen molar-refractivity contribution in [3.05, 3.63) is 29.6 Å². The third-order valence-electron chi connectivity index (χ3n) is 1.91. The number of methoxy groups -OCH3 is 2. The average Bonchev–Trinajstić information content (AvgIpc) is 2.24. The highest BCUT2D eigenvalue weighted by atomic mass is 19.1. The van der Waals surface area contributed by atoms with E-state index in [0.29, 0.717) is 17.7 Å². The van der Waals surface area contributed by atoms with Crippen molar-refractivity contribution in [1.82, 2.24) is 0 Å². The standard InChI is InChI=1S/C10H12FNO3/c1-14-10(15-2)8-5-7(11)3-4-9(8)12-6-13/h3-6,10H,1-2H3,(H,12,13). The molecular formula is C10H12FNO3. The van der Waals surface area contributed by atoms with E-state index in [1.807, 2.05) is 0 Å². The molecule has 1 aromatic carbocycles. The van der Waals surface area contributed by atoms with E-state index < -0.39 is 12.1 Å². The minimum atomic E-state index is -0.705. The Kier molecular flexibility index (Phi) is 4.20. The van der Waals surface area contributed by atoms with Gasteiger partial charge in [-0.25, -0.2) is 4.39 Å². The first-order chi connectivity index (χ1) is 7.22. The van der Waals surface area contributed by atoms with Gasteiger partial charge >= 0.3 is 0 Å². The topological polar surface area (TPSA) is 47.6 Å². The molecular weight excluding hydrogens is 201 g/mol. The van der Waals surface area contributed by atoms with Crippen LogP contribution in [-0.2, 0) is 14.3 Å². The lowest BCUT2D eigenvalue weighted by Gasteiger charge is -2.16. The van der Waals surface area contributed by atoms with E-state index in [-0.39, 0.29) is 0 Å². The normalized spacial score (nSPS) is 10.4. The highest BCUT2D eigenvalue weighted by Gasteiger charge is 2.14. The van der Waals surface area contributed by atoms with Crippen LogP contribution in [0.3, 0.4) is 0 Å². The van der Waals surface area contributed by atoms with Gasteiger partial charge in [0, 0.05) is 25.5 Å². The van der Waals surface area contributed by atoms with Crippen LogP contribution in [0.1, 0.15) is 11.9 Å². The predicted molar refractivity (Wildman–Crippen MR) is 52.8 cm³/mol. The number of benzene rings is 1. The summed E-state index contributed by atoms with van der Waals surface area (Å²) in [5, 5.41) is 2.45. The van der Waals surface area contributed by atoms with E-state index in [0.717, 1.165) is 0 Å². The second-order valence-corrected chi connectivity index (χ2v) is 2.80. The molecule has 0 unspecified atom stereocenters. The average molecular weight is 213 g/mol. The van der Waals surface area contributed by atoms with Crippen LogP contribution in [0.2, 0.25) is 0 Å². The number of carbonyl (C=O) groups excluding carboxylic acids is 1. The Bertz CT molecular complexity index is 339. The smallest absolute Gasteiger partial charge is 0.211 e. The Morgan fingerprint density at radius 1 is 1.40 bits per heavy atom. The molecule has 15 heavy (non-hydrogen) atoms. The molecule has 0 aromatic heterocycles. The molecule has 1 amide bonds. The summed E-state index contributed by atoms with van der Waals surface area (Å²) in [5.41, 5.74) is 0.896. The fraction of sp³-hybridized carbons (Fsp3) is 0.300. The number of halogens is 1.